The van der Waals surface area contributed by atoms with Crippen LogP contribution in [0.15, 0.2) is 0 Å². The van der Waals surface area contributed by atoms with Crippen molar-refractivity contribution in [2.24, 2.45) is 0 Å². The Kier molecular flexibility index (Phi) is 4.95. The normalized spacial score (nSPS) is 28.7. The third-order valence-electron chi connectivity index (χ3n) is 4.05. The molecule has 0 bridgehead atoms. The quantitative estimate of drug-likeness (QED) is 0.570. The summed E-state index contributed by atoms with van der Waals surface area (Å²) in [4.78, 5) is 14.4. The van der Waals surface area contributed by atoms with E-state index in [2.05, 4.69) is 6.92 Å². The fourth-order valence-corrected chi connectivity index (χ4v) is 2.94. The lowest BCUT2D eigenvalue weighted by Crippen LogP contribution is -2.45. The number of epoxide rings is 1. The Bertz CT molecular complexity index is 337. The Labute approximate surface area is 122 Å². The standard InChI is InChI=1S/C16H29NO3/c1-5-6-7-10-17(15(18)20-16(2,3)4)12-8-9-13-14(11-12)19-13/h12-14H,5-11H2,1-4H3/t12?,13-,14+/m1/s1. The number of unbranched alkanes of at least 4 members (excludes halogenated alkanes) is 2. The van der Waals surface area contributed by atoms with Crippen molar-refractivity contribution < 1.29 is 14.3 Å². The lowest BCUT2D eigenvalue weighted by molar-refractivity contribution is 0.0125. The second-order valence-corrected chi connectivity index (χ2v) is 7.06. The second-order valence-electron chi connectivity index (χ2n) is 7.06. The highest BCUT2D eigenvalue weighted by Gasteiger charge is 2.46. The zero-order valence-corrected chi connectivity index (χ0v) is 13.4. The molecule has 116 valence electrons. The topological polar surface area (TPSA) is 42.1 Å². The number of fused-ring (bicyclic) bond motifs is 1. The van der Waals surface area contributed by atoms with Crippen LogP contribution in [-0.2, 0) is 9.47 Å². The third kappa shape index (κ3) is 4.37. The van der Waals surface area contributed by atoms with Gasteiger partial charge in [-0.2, -0.15) is 0 Å². The van der Waals surface area contributed by atoms with Crippen LogP contribution in [0.25, 0.3) is 0 Å². The van der Waals surface area contributed by atoms with Gasteiger partial charge in [0.1, 0.15) is 5.60 Å². The molecule has 0 N–H and O–H groups in total. The fourth-order valence-electron chi connectivity index (χ4n) is 2.94. The van der Waals surface area contributed by atoms with Crippen LogP contribution in [0.5, 0.6) is 0 Å². The van der Waals surface area contributed by atoms with E-state index in [0.717, 1.165) is 38.6 Å². The largest absolute Gasteiger partial charge is 0.444 e. The molecule has 1 heterocycles. The highest BCUT2D eigenvalue weighted by atomic mass is 16.6. The first-order valence-corrected chi connectivity index (χ1v) is 8.06. The van der Waals surface area contributed by atoms with Gasteiger partial charge in [0.2, 0.25) is 0 Å². The van der Waals surface area contributed by atoms with E-state index in [9.17, 15) is 4.79 Å². The van der Waals surface area contributed by atoms with Gasteiger partial charge >= 0.3 is 6.09 Å². The van der Waals surface area contributed by atoms with Crippen LogP contribution in [0.2, 0.25) is 0 Å². The van der Waals surface area contributed by atoms with Gasteiger partial charge in [0.25, 0.3) is 0 Å². The number of carbonyl (C=O) groups excluding carboxylic acids is 1. The number of carbonyl (C=O) groups is 1. The van der Waals surface area contributed by atoms with E-state index in [-0.39, 0.29) is 6.09 Å². The number of nitrogens with zero attached hydrogens (tertiary/aromatic N) is 1. The predicted octanol–water partition coefficient (Wildman–Crippen LogP) is 3.73. The monoisotopic (exact) mass is 283 g/mol. The summed E-state index contributed by atoms with van der Waals surface area (Å²) < 4.78 is 11.2. The SMILES string of the molecule is CCCCCN(C(=O)OC(C)(C)C)C1CC[C@H]2O[C@H]2C1. The highest BCUT2D eigenvalue weighted by Crippen LogP contribution is 2.38. The van der Waals surface area contributed by atoms with Gasteiger partial charge in [-0.3, -0.25) is 0 Å². The average Bonchev–Trinajstić information content (AvgIpc) is 3.10. The first kappa shape index (κ1) is 15.6. The maximum absolute atomic E-state index is 12.4. The molecular formula is C16H29NO3. The molecule has 0 spiro atoms. The van der Waals surface area contributed by atoms with Gasteiger partial charge in [-0.15, -0.1) is 0 Å². The Morgan fingerprint density at radius 2 is 2.00 bits per heavy atom. The molecule has 1 aliphatic carbocycles. The summed E-state index contributed by atoms with van der Waals surface area (Å²) in [7, 11) is 0. The highest BCUT2D eigenvalue weighted by molar-refractivity contribution is 5.68. The molecule has 0 aromatic rings. The van der Waals surface area contributed by atoms with Gasteiger partial charge < -0.3 is 14.4 Å². The van der Waals surface area contributed by atoms with Gasteiger partial charge in [0.15, 0.2) is 0 Å². The molecule has 0 aromatic carbocycles. The molecule has 1 aliphatic heterocycles. The zero-order valence-electron chi connectivity index (χ0n) is 13.4. The fraction of sp³-hybridized carbons (Fsp3) is 0.938. The minimum atomic E-state index is -0.423. The smallest absolute Gasteiger partial charge is 0.410 e. The molecule has 4 heteroatoms. The number of amides is 1. The number of rotatable bonds is 5. The lowest BCUT2D eigenvalue weighted by atomic mass is 9.94. The molecule has 1 amide bonds. The molecule has 0 aromatic heterocycles. The minimum Gasteiger partial charge on any atom is -0.444 e. The molecule has 1 saturated heterocycles. The van der Waals surface area contributed by atoms with E-state index in [1.165, 1.54) is 6.42 Å². The molecule has 20 heavy (non-hydrogen) atoms. The average molecular weight is 283 g/mol. The van der Waals surface area contributed by atoms with E-state index in [0.29, 0.717) is 18.2 Å². The summed E-state index contributed by atoms with van der Waals surface area (Å²) in [6, 6.07) is 0.297. The Morgan fingerprint density at radius 3 is 2.60 bits per heavy atom. The Balaban J connectivity index is 1.93. The second kappa shape index (κ2) is 6.33. The van der Waals surface area contributed by atoms with Crippen LogP contribution in [0.3, 0.4) is 0 Å². The van der Waals surface area contributed by atoms with Crippen molar-refractivity contribution in [3.05, 3.63) is 0 Å². The minimum absolute atomic E-state index is 0.155. The molecule has 2 fully saturated rings. The first-order valence-electron chi connectivity index (χ1n) is 8.06. The molecule has 2 rings (SSSR count). The molecule has 2 aliphatic rings. The van der Waals surface area contributed by atoms with E-state index in [1.54, 1.807) is 0 Å². The molecular weight excluding hydrogens is 254 g/mol. The van der Waals surface area contributed by atoms with Gasteiger partial charge in [-0.05, 0) is 46.5 Å². The molecule has 1 saturated carbocycles. The predicted molar refractivity (Wildman–Crippen MR) is 78.8 cm³/mol. The van der Waals surface area contributed by atoms with E-state index in [4.69, 9.17) is 9.47 Å². The summed E-state index contributed by atoms with van der Waals surface area (Å²) in [6.07, 6.45) is 7.21. The maximum Gasteiger partial charge on any atom is 0.410 e. The molecule has 0 radical (unpaired) electrons. The van der Waals surface area contributed by atoms with Crippen LogP contribution in [0.1, 0.15) is 66.2 Å². The van der Waals surface area contributed by atoms with Crippen molar-refractivity contribution in [3.8, 4) is 0 Å². The van der Waals surface area contributed by atoms with Crippen LogP contribution in [0, 0.1) is 0 Å². The first-order chi connectivity index (χ1) is 9.40. The molecule has 4 nitrogen and oxygen atoms in total. The zero-order chi connectivity index (χ0) is 14.8. The third-order valence-corrected chi connectivity index (χ3v) is 4.05. The van der Waals surface area contributed by atoms with E-state index in [1.807, 2.05) is 25.7 Å². The number of ether oxygens (including phenoxy) is 2. The van der Waals surface area contributed by atoms with Crippen molar-refractivity contribution in [1.82, 2.24) is 4.90 Å². The van der Waals surface area contributed by atoms with Gasteiger partial charge in [0.05, 0.1) is 12.2 Å². The van der Waals surface area contributed by atoms with Crippen LogP contribution < -0.4 is 0 Å². The van der Waals surface area contributed by atoms with Crippen LogP contribution >= 0.6 is 0 Å². The number of hydrogen-bond donors (Lipinski definition) is 0. The van der Waals surface area contributed by atoms with Crippen molar-refractivity contribution in [2.75, 3.05) is 6.54 Å². The van der Waals surface area contributed by atoms with E-state index >= 15 is 0 Å². The van der Waals surface area contributed by atoms with E-state index < -0.39 is 5.60 Å². The maximum atomic E-state index is 12.4. The Morgan fingerprint density at radius 1 is 1.25 bits per heavy atom. The van der Waals surface area contributed by atoms with Crippen molar-refractivity contribution in [1.29, 1.82) is 0 Å². The van der Waals surface area contributed by atoms with Crippen LogP contribution in [0.4, 0.5) is 4.79 Å². The molecule has 3 atom stereocenters. The summed E-state index contributed by atoms with van der Waals surface area (Å²) in [5, 5.41) is 0. The summed E-state index contributed by atoms with van der Waals surface area (Å²) >= 11 is 0. The van der Waals surface area contributed by atoms with Crippen molar-refractivity contribution in [3.63, 3.8) is 0 Å². The van der Waals surface area contributed by atoms with Crippen molar-refractivity contribution in [2.45, 2.75) is 90.1 Å². The summed E-state index contributed by atoms with van der Waals surface area (Å²) in [5.41, 5.74) is -0.423. The summed E-state index contributed by atoms with van der Waals surface area (Å²) in [6.45, 7) is 8.77. The number of hydrogen-bond acceptors (Lipinski definition) is 3. The van der Waals surface area contributed by atoms with Gasteiger partial charge in [0, 0.05) is 12.6 Å². The van der Waals surface area contributed by atoms with Crippen LogP contribution in [-0.4, -0.2) is 41.4 Å². The summed E-state index contributed by atoms with van der Waals surface area (Å²) in [5.74, 6) is 0. The Hall–Kier alpha value is -0.770. The van der Waals surface area contributed by atoms with Gasteiger partial charge in [-0.25, -0.2) is 4.79 Å². The molecule has 1 unspecified atom stereocenters. The van der Waals surface area contributed by atoms with Gasteiger partial charge in [-0.1, -0.05) is 19.8 Å². The van der Waals surface area contributed by atoms with Crippen molar-refractivity contribution >= 4 is 6.09 Å². The lowest BCUT2D eigenvalue weighted by Gasteiger charge is -2.34.